The van der Waals surface area contributed by atoms with Crippen molar-refractivity contribution in [3.8, 4) is 0 Å². The maximum atomic E-state index is 12.9. The van der Waals surface area contributed by atoms with Crippen LogP contribution in [0.3, 0.4) is 0 Å². The van der Waals surface area contributed by atoms with Crippen molar-refractivity contribution in [1.29, 1.82) is 0 Å². The summed E-state index contributed by atoms with van der Waals surface area (Å²) in [4.78, 5) is 0. The number of alkyl halides is 1. The average molecular weight is 160 g/mol. The monoisotopic (exact) mass is 160 g/mol. The first-order chi connectivity index (χ1) is 5.20. The fourth-order valence-corrected chi connectivity index (χ4v) is 1.85. The van der Waals surface area contributed by atoms with Crippen LogP contribution in [0.4, 0.5) is 13.2 Å². The summed E-state index contributed by atoms with van der Waals surface area (Å²) in [5.74, 6) is -0.600. The topological polar surface area (TPSA) is 0 Å². The summed E-state index contributed by atoms with van der Waals surface area (Å²) in [5.41, 5.74) is -0.280. The lowest BCUT2D eigenvalue weighted by Crippen LogP contribution is -2.10. The number of rotatable bonds is 0. The molecule has 3 heteroatoms. The van der Waals surface area contributed by atoms with E-state index in [1.54, 1.807) is 12.2 Å². The molecule has 0 saturated heterocycles. The quantitative estimate of drug-likeness (QED) is 0.478. The van der Waals surface area contributed by atoms with Gasteiger partial charge in [-0.1, -0.05) is 12.2 Å². The molecule has 1 saturated carbocycles. The highest BCUT2D eigenvalue weighted by Gasteiger charge is 2.43. The zero-order chi connectivity index (χ0) is 8.01. The van der Waals surface area contributed by atoms with Crippen LogP contribution in [-0.2, 0) is 0 Å². The van der Waals surface area contributed by atoms with Gasteiger partial charge in [0.05, 0.1) is 0 Å². The summed E-state index contributed by atoms with van der Waals surface area (Å²) >= 11 is 0. The van der Waals surface area contributed by atoms with E-state index in [1.807, 2.05) is 0 Å². The Hall–Kier alpha value is -0.730. The van der Waals surface area contributed by atoms with Crippen LogP contribution >= 0.6 is 0 Å². The van der Waals surface area contributed by atoms with Gasteiger partial charge in [0.2, 0.25) is 0 Å². The predicted molar refractivity (Wildman–Crippen MR) is 34.9 cm³/mol. The molecule has 0 amide bonds. The van der Waals surface area contributed by atoms with E-state index in [1.165, 1.54) is 0 Å². The molecule has 3 atom stereocenters. The molecule has 0 aromatic rings. The Morgan fingerprint density at radius 3 is 2.45 bits per heavy atom. The van der Waals surface area contributed by atoms with E-state index >= 15 is 0 Å². The molecule has 11 heavy (non-hydrogen) atoms. The van der Waals surface area contributed by atoms with Crippen molar-refractivity contribution in [1.82, 2.24) is 0 Å². The fraction of sp³-hybridized carbons (Fsp3) is 0.500. The van der Waals surface area contributed by atoms with Crippen LogP contribution in [0.1, 0.15) is 6.42 Å². The van der Waals surface area contributed by atoms with Crippen LogP contribution in [0.25, 0.3) is 0 Å². The minimum absolute atomic E-state index is 0.280. The van der Waals surface area contributed by atoms with Gasteiger partial charge in [0.25, 0.3) is 6.08 Å². The Balaban J connectivity index is 2.40. The Morgan fingerprint density at radius 1 is 1.36 bits per heavy atom. The second-order valence-corrected chi connectivity index (χ2v) is 3.01. The third-order valence-corrected chi connectivity index (χ3v) is 2.41. The van der Waals surface area contributed by atoms with Gasteiger partial charge in [0.1, 0.15) is 6.17 Å². The lowest BCUT2D eigenvalue weighted by Gasteiger charge is -2.11. The first kappa shape index (κ1) is 6.95. The highest BCUT2D eigenvalue weighted by molar-refractivity contribution is 5.32. The first-order valence-corrected chi connectivity index (χ1v) is 3.57. The molecule has 60 valence electrons. The Kier molecular flexibility index (Phi) is 1.34. The summed E-state index contributed by atoms with van der Waals surface area (Å²) in [6, 6.07) is 0. The molecule has 0 heterocycles. The average Bonchev–Trinajstić information content (AvgIpc) is 2.44. The van der Waals surface area contributed by atoms with Crippen LogP contribution in [0.5, 0.6) is 0 Å². The Bertz CT molecular complexity index is 238. The van der Waals surface area contributed by atoms with E-state index in [0.717, 1.165) is 0 Å². The van der Waals surface area contributed by atoms with Gasteiger partial charge in [0, 0.05) is 17.4 Å². The smallest absolute Gasteiger partial charge is 0.242 e. The van der Waals surface area contributed by atoms with Crippen molar-refractivity contribution in [2.75, 3.05) is 0 Å². The molecular formula is C8H7F3. The molecule has 0 aromatic heterocycles. The van der Waals surface area contributed by atoms with Gasteiger partial charge in [-0.3, -0.25) is 0 Å². The van der Waals surface area contributed by atoms with E-state index in [-0.39, 0.29) is 17.4 Å². The van der Waals surface area contributed by atoms with Gasteiger partial charge in [-0.15, -0.1) is 0 Å². The summed E-state index contributed by atoms with van der Waals surface area (Å²) in [5, 5.41) is 0. The summed E-state index contributed by atoms with van der Waals surface area (Å²) in [6.07, 6.45) is 0.662. The molecule has 0 spiro atoms. The van der Waals surface area contributed by atoms with Crippen molar-refractivity contribution in [3.63, 3.8) is 0 Å². The van der Waals surface area contributed by atoms with E-state index in [2.05, 4.69) is 0 Å². The fourth-order valence-electron chi connectivity index (χ4n) is 1.85. The van der Waals surface area contributed by atoms with Crippen molar-refractivity contribution in [2.24, 2.45) is 11.8 Å². The number of allylic oxidation sites excluding steroid dienone is 3. The summed E-state index contributed by atoms with van der Waals surface area (Å²) in [7, 11) is 0. The number of halogens is 3. The van der Waals surface area contributed by atoms with Gasteiger partial charge in [-0.2, -0.15) is 8.78 Å². The number of hydrogen-bond donors (Lipinski definition) is 0. The van der Waals surface area contributed by atoms with E-state index in [4.69, 9.17) is 0 Å². The van der Waals surface area contributed by atoms with Crippen LogP contribution in [0.2, 0.25) is 0 Å². The minimum Gasteiger partial charge on any atom is -0.242 e. The summed E-state index contributed by atoms with van der Waals surface area (Å²) in [6.45, 7) is 0. The lowest BCUT2D eigenvalue weighted by atomic mass is 10.0. The lowest BCUT2D eigenvalue weighted by molar-refractivity contribution is 0.312. The second-order valence-electron chi connectivity index (χ2n) is 3.01. The molecule has 1 fully saturated rings. The normalized spacial score (nSPS) is 40.3. The SMILES string of the molecule is FC(F)=C1C2C=CC(C2)C1F. The molecule has 0 radical (unpaired) electrons. The molecule has 2 aliphatic carbocycles. The van der Waals surface area contributed by atoms with Crippen LogP contribution in [-0.4, -0.2) is 6.17 Å². The molecule has 0 aromatic carbocycles. The Labute approximate surface area is 62.4 Å². The van der Waals surface area contributed by atoms with Gasteiger partial charge >= 0.3 is 0 Å². The van der Waals surface area contributed by atoms with Gasteiger partial charge in [-0.25, -0.2) is 4.39 Å². The van der Waals surface area contributed by atoms with Gasteiger partial charge in [-0.05, 0) is 6.42 Å². The molecule has 0 N–H and O–H groups in total. The van der Waals surface area contributed by atoms with E-state index < -0.39 is 12.3 Å². The van der Waals surface area contributed by atoms with Crippen molar-refractivity contribution in [2.45, 2.75) is 12.6 Å². The Morgan fingerprint density at radius 2 is 2.09 bits per heavy atom. The third-order valence-electron chi connectivity index (χ3n) is 2.41. The van der Waals surface area contributed by atoms with Crippen molar-refractivity contribution < 1.29 is 13.2 Å². The van der Waals surface area contributed by atoms with Gasteiger partial charge < -0.3 is 0 Å². The van der Waals surface area contributed by atoms with Crippen molar-refractivity contribution >= 4 is 0 Å². The summed E-state index contributed by atoms with van der Waals surface area (Å²) < 4.78 is 37.1. The molecular weight excluding hydrogens is 153 g/mol. The molecule has 3 unspecified atom stereocenters. The van der Waals surface area contributed by atoms with Crippen LogP contribution in [0.15, 0.2) is 23.8 Å². The van der Waals surface area contributed by atoms with Crippen LogP contribution in [0, 0.1) is 11.8 Å². The molecule has 0 aliphatic heterocycles. The maximum absolute atomic E-state index is 12.9. The number of fused-ring (bicyclic) bond motifs is 2. The minimum atomic E-state index is -1.82. The van der Waals surface area contributed by atoms with E-state index in [0.29, 0.717) is 6.42 Å². The van der Waals surface area contributed by atoms with Crippen LogP contribution < -0.4 is 0 Å². The molecule has 2 aliphatic rings. The molecule has 2 rings (SSSR count). The largest absolute Gasteiger partial charge is 0.273 e. The highest BCUT2D eigenvalue weighted by atomic mass is 19.3. The zero-order valence-electron chi connectivity index (χ0n) is 5.73. The predicted octanol–water partition coefficient (Wildman–Crippen LogP) is 2.68. The molecule has 2 bridgehead atoms. The molecule has 0 nitrogen and oxygen atoms in total. The highest BCUT2D eigenvalue weighted by Crippen LogP contribution is 2.46. The van der Waals surface area contributed by atoms with Gasteiger partial charge in [0.15, 0.2) is 0 Å². The second kappa shape index (κ2) is 2.13. The standard InChI is InChI=1S/C8H7F3/c9-7-5-2-1-4(3-5)6(7)8(10)11/h1-2,4-5,7H,3H2. The van der Waals surface area contributed by atoms with E-state index in [9.17, 15) is 13.2 Å². The first-order valence-electron chi connectivity index (χ1n) is 3.57. The van der Waals surface area contributed by atoms with Crippen molar-refractivity contribution in [3.05, 3.63) is 23.8 Å². The maximum Gasteiger partial charge on any atom is 0.273 e. The number of hydrogen-bond acceptors (Lipinski definition) is 0. The zero-order valence-corrected chi connectivity index (χ0v) is 5.73. The third kappa shape index (κ3) is 0.832.